The molecule has 3 heteroatoms. The summed E-state index contributed by atoms with van der Waals surface area (Å²) in [5, 5.41) is 0. The second kappa shape index (κ2) is 16.4. The first kappa shape index (κ1) is 41.4. The standard InChI is InChI=1S/C23H29.C11H17.C8H8.2ClH.Zr/c1-14-9-16-11-17-10-15(2)21(23(6,7)8)13-19(17)18(16)12-20(14)22(3,4)5;1-5-9-6-7-10(8-9)11(2,3)4;1-2-8-6-4-3-5-7-8;;;/h9,12-13H,11H2,1-8H3;6-8H,5H2,1-4H3;3-7H,1H3;2*1H;/q2*-1;;;;+2/p-2. The van der Waals surface area contributed by atoms with E-state index < -0.39 is 0 Å². The van der Waals surface area contributed by atoms with E-state index in [1.807, 2.05) is 6.07 Å². The number of halogens is 2. The quantitative estimate of drug-likeness (QED) is 0.217. The fourth-order valence-electron chi connectivity index (χ4n) is 5.89. The molecule has 0 bridgehead atoms. The third kappa shape index (κ3) is 10.9. The molecule has 4 aromatic rings. The molecule has 1 aliphatic rings. The van der Waals surface area contributed by atoms with Gasteiger partial charge >= 0.3 is 70.3 Å². The van der Waals surface area contributed by atoms with Gasteiger partial charge in [0.1, 0.15) is 0 Å². The summed E-state index contributed by atoms with van der Waals surface area (Å²) in [6.45, 7) is 29.4. The van der Waals surface area contributed by atoms with Gasteiger partial charge in [0.2, 0.25) is 0 Å². The summed E-state index contributed by atoms with van der Waals surface area (Å²) in [4.78, 5) is 0. The van der Waals surface area contributed by atoms with Gasteiger partial charge in [0.15, 0.2) is 0 Å². The fraction of sp³-hybridized carbons (Fsp3) is 0.429. The molecule has 5 rings (SSSR count). The first-order chi connectivity index (χ1) is 19.8. The van der Waals surface area contributed by atoms with Crippen LogP contribution in [-0.2, 0) is 53.3 Å². The van der Waals surface area contributed by atoms with Gasteiger partial charge < -0.3 is 24.8 Å². The van der Waals surface area contributed by atoms with Crippen molar-refractivity contribution in [2.75, 3.05) is 0 Å². The van der Waals surface area contributed by atoms with Crippen LogP contribution in [0.5, 0.6) is 0 Å². The SMILES string of the molecule is CCc1cc(C(C)(C)C)c[cH-]1.C[C](=[Zr+2])c1ccccc1.Cc1[c-]c2c(cc1C(C)(C)C)-c1cc(C(C)(C)C)c(C)cc1C2.[Cl-].[Cl-]. The Labute approximate surface area is 303 Å². The molecule has 0 radical (unpaired) electrons. The molecule has 0 atom stereocenters. The van der Waals surface area contributed by atoms with Gasteiger partial charge in [-0.05, 0) is 35.4 Å². The number of rotatable bonds is 2. The maximum absolute atomic E-state index is 3.69. The van der Waals surface area contributed by atoms with Crippen molar-refractivity contribution in [3.63, 3.8) is 0 Å². The summed E-state index contributed by atoms with van der Waals surface area (Å²) in [6.07, 6.45) is 2.18. The Morgan fingerprint density at radius 3 is 1.76 bits per heavy atom. The van der Waals surface area contributed by atoms with Crippen molar-refractivity contribution in [3.8, 4) is 11.1 Å². The van der Waals surface area contributed by atoms with Crippen LogP contribution in [0.4, 0.5) is 0 Å². The van der Waals surface area contributed by atoms with Crippen molar-refractivity contribution in [1.29, 1.82) is 0 Å². The molecule has 0 saturated heterocycles. The van der Waals surface area contributed by atoms with Crippen LogP contribution in [0.1, 0.15) is 126 Å². The Bertz CT molecular complexity index is 1480. The maximum Gasteiger partial charge on any atom is -0.0129 e. The average Bonchev–Trinajstić information content (AvgIpc) is 3.52. The Morgan fingerprint density at radius 2 is 1.33 bits per heavy atom. The Hall–Kier alpha value is -1.66. The second-order valence-electron chi connectivity index (χ2n) is 15.3. The molecule has 0 aromatic heterocycles. The van der Waals surface area contributed by atoms with Crippen LogP contribution in [0.2, 0.25) is 0 Å². The van der Waals surface area contributed by atoms with Crippen molar-refractivity contribution >= 4 is 3.21 Å². The second-order valence-corrected chi connectivity index (χ2v) is 17.1. The van der Waals surface area contributed by atoms with E-state index in [2.05, 4.69) is 157 Å². The molecule has 0 heterocycles. The van der Waals surface area contributed by atoms with E-state index in [1.165, 1.54) is 88.6 Å². The minimum absolute atomic E-state index is 0. The Balaban J connectivity index is 0.000000385. The number of hydrogen-bond donors (Lipinski definition) is 0. The molecule has 1 aliphatic carbocycles. The van der Waals surface area contributed by atoms with Gasteiger partial charge in [-0.2, -0.15) is 41.0 Å². The topological polar surface area (TPSA) is 0 Å². The fourth-order valence-corrected chi connectivity index (χ4v) is 6.30. The van der Waals surface area contributed by atoms with Gasteiger partial charge in [-0.15, -0.1) is 16.7 Å². The van der Waals surface area contributed by atoms with Crippen molar-refractivity contribution in [1.82, 2.24) is 0 Å². The van der Waals surface area contributed by atoms with E-state index >= 15 is 0 Å². The first-order valence-electron chi connectivity index (χ1n) is 15.9. The van der Waals surface area contributed by atoms with Gasteiger partial charge in [0, 0.05) is 0 Å². The number of fused-ring (bicyclic) bond motifs is 3. The van der Waals surface area contributed by atoms with Crippen LogP contribution >= 0.6 is 0 Å². The summed E-state index contributed by atoms with van der Waals surface area (Å²) in [5.74, 6) is 0. The van der Waals surface area contributed by atoms with Gasteiger partial charge in [-0.25, -0.2) is 6.07 Å². The molecule has 0 nitrogen and oxygen atoms in total. The average molecular weight is 721 g/mol. The van der Waals surface area contributed by atoms with Crippen molar-refractivity contribution in [3.05, 3.63) is 123 Å². The van der Waals surface area contributed by atoms with E-state index in [1.54, 1.807) is 0 Å². The zero-order valence-electron chi connectivity index (χ0n) is 30.0. The third-order valence-electron chi connectivity index (χ3n) is 8.38. The molecular weight excluding hydrogens is 667 g/mol. The molecule has 0 saturated carbocycles. The summed E-state index contributed by atoms with van der Waals surface area (Å²) >= 11 is 1.51. The number of benzene rings is 3. The molecule has 242 valence electrons. The van der Waals surface area contributed by atoms with E-state index in [0.717, 1.165) is 12.8 Å². The smallest absolute Gasteiger partial charge is 0.0129 e. The molecule has 0 fully saturated rings. The minimum Gasteiger partial charge on any atom is -1.00 e. The molecule has 4 aromatic carbocycles. The van der Waals surface area contributed by atoms with Crippen LogP contribution in [0.3, 0.4) is 0 Å². The molecule has 0 unspecified atom stereocenters. The zero-order valence-corrected chi connectivity index (χ0v) is 34.0. The van der Waals surface area contributed by atoms with E-state index in [-0.39, 0.29) is 35.6 Å². The largest absolute Gasteiger partial charge is 1.00 e. The zero-order chi connectivity index (χ0) is 32.3. The van der Waals surface area contributed by atoms with Crippen LogP contribution in [-0.4, -0.2) is 3.21 Å². The van der Waals surface area contributed by atoms with Gasteiger partial charge in [-0.1, -0.05) is 111 Å². The Kier molecular flexibility index (Phi) is 15.1. The number of hydrogen-bond acceptors (Lipinski definition) is 0. The first-order valence-corrected chi connectivity index (χ1v) is 17.1. The van der Waals surface area contributed by atoms with E-state index in [4.69, 9.17) is 0 Å². The van der Waals surface area contributed by atoms with Crippen molar-refractivity contribution in [2.45, 2.75) is 119 Å². The van der Waals surface area contributed by atoms with Gasteiger partial charge in [0.05, 0.1) is 0 Å². The number of aryl methyl sites for hydroxylation is 3. The van der Waals surface area contributed by atoms with Crippen LogP contribution in [0.15, 0.2) is 66.7 Å². The van der Waals surface area contributed by atoms with Crippen molar-refractivity contribution < 1.29 is 49.0 Å². The summed E-state index contributed by atoms with van der Waals surface area (Å²) in [7, 11) is 0. The molecule has 0 aliphatic heterocycles. The predicted molar refractivity (Wildman–Crippen MR) is 187 cm³/mol. The van der Waals surface area contributed by atoms with Gasteiger partial charge in [0.25, 0.3) is 0 Å². The van der Waals surface area contributed by atoms with Crippen LogP contribution in [0, 0.1) is 19.9 Å². The maximum atomic E-state index is 3.69. The van der Waals surface area contributed by atoms with E-state index in [9.17, 15) is 0 Å². The molecule has 0 spiro atoms. The minimum atomic E-state index is 0. The van der Waals surface area contributed by atoms with Gasteiger partial charge in [-0.3, -0.25) is 0 Å². The third-order valence-corrected chi connectivity index (χ3v) is 9.09. The molecule has 0 amide bonds. The molecule has 0 N–H and O–H groups in total. The van der Waals surface area contributed by atoms with Crippen LogP contribution < -0.4 is 24.8 Å². The normalized spacial score (nSPS) is 11.9. The molecule has 45 heavy (non-hydrogen) atoms. The van der Waals surface area contributed by atoms with Crippen molar-refractivity contribution in [2.24, 2.45) is 0 Å². The molecular formula is C42H54Cl2Zr-2. The summed E-state index contributed by atoms with van der Waals surface area (Å²) < 4.78 is 1.46. The predicted octanol–water partition coefficient (Wildman–Crippen LogP) is 5.32. The van der Waals surface area contributed by atoms with Crippen LogP contribution in [0.25, 0.3) is 11.1 Å². The Morgan fingerprint density at radius 1 is 0.778 bits per heavy atom. The van der Waals surface area contributed by atoms with E-state index in [0.29, 0.717) is 5.41 Å². The summed E-state index contributed by atoms with van der Waals surface area (Å²) in [5.41, 5.74) is 16.2. The monoisotopic (exact) mass is 718 g/mol. The summed E-state index contributed by atoms with van der Waals surface area (Å²) in [6, 6.07) is 28.2.